The summed E-state index contributed by atoms with van der Waals surface area (Å²) in [6, 6.07) is 8.46. The van der Waals surface area contributed by atoms with E-state index in [2.05, 4.69) is 43.8 Å². The molecule has 0 amide bonds. The quantitative estimate of drug-likeness (QED) is 0.594. The molecule has 1 aromatic rings. The van der Waals surface area contributed by atoms with Crippen LogP contribution in [0.3, 0.4) is 0 Å². The smallest absolute Gasteiger partial charge is 0.0125 e. The van der Waals surface area contributed by atoms with Crippen molar-refractivity contribution in [3.63, 3.8) is 0 Å². The zero-order valence-electron chi connectivity index (χ0n) is 15.5. The van der Waals surface area contributed by atoms with Gasteiger partial charge in [-0.05, 0) is 44.9 Å². The SMILES string of the molecule is C/C=C\C=C\C.C=C/C=C\C/C(N)=C/C(=C\C)c1ccc(C)cc1. The van der Waals surface area contributed by atoms with E-state index in [9.17, 15) is 0 Å². The highest BCUT2D eigenvalue weighted by atomic mass is 14.6. The Balaban J connectivity index is 0.000000754. The number of hydrogen-bond acceptors (Lipinski definition) is 1. The summed E-state index contributed by atoms with van der Waals surface area (Å²) in [4.78, 5) is 0. The third kappa shape index (κ3) is 10.2. The highest BCUT2D eigenvalue weighted by Crippen LogP contribution is 2.18. The molecule has 0 radical (unpaired) electrons. The molecule has 0 bridgehead atoms. The molecule has 0 unspecified atom stereocenters. The second-order valence-corrected chi connectivity index (χ2v) is 5.25. The fourth-order valence-corrected chi connectivity index (χ4v) is 1.86. The number of aryl methyl sites for hydroxylation is 1. The first-order valence-electron chi connectivity index (χ1n) is 8.29. The molecule has 1 heteroatoms. The van der Waals surface area contributed by atoms with E-state index in [1.54, 1.807) is 6.08 Å². The van der Waals surface area contributed by atoms with Crippen LogP contribution in [0.25, 0.3) is 5.57 Å². The van der Waals surface area contributed by atoms with Crippen LogP contribution in [0.5, 0.6) is 0 Å². The standard InChI is InChI=1S/C17H21N.C6H10/c1-4-6-7-8-17(18)13-15(5-2)16-11-9-14(3)10-12-16;1-3-5-6-4-2/h4-7,9-13H,1,8,18H2,2-3H3;3-6H,1-2H3/b7-6-,15-5+,17-13-;5-3-,6-4+. The molecule has 0 heterocycles. The molecule has 1 nitrogen and oxygen atoms in total. The average molecular weight is 322 g/mol. The summed E-state index contributed by atoms with van der Waals surface area (Å²) in [6.45, 7) is 11.7. The van der Waals surface area contributed by atoms with Crippen molar-refractivity contribution in [3.8, 4) is 0 Å². The molecule has 0 fully saturated rings. The van der Waals surface area contributed by atoms with Gasteiger partial charge in [-0.1, -0.05) is 85.0 Å². The van der Waals surface area contributed by atoms with Gasteiger partial charge in [0.1, 0.15) is 0 Å². The van der Waals surface area contributed by atoms with Crippen LogP contribution in [0, 0.1) is 6.92 Å². The van der Waals surface area contributed by atoms with Crippen LogP contribution >= 0.6 is 0 Å². The minimum atomic E-state index is 0.745. The second kappa shape index (κ2) is 14.1. The number of hydrogen-bond donors (Lipinski definition) is 1. The van der Waals surface area contributed by atoms with Crippen molar-refractivity contribution >= 4 is 5.57 Å². The predicted molar refractivity (Wildman–Crippen MR) is 111 cm³/mol. The maximum absolute atomic E-state index is 5.99. The Labute approximate surface area is 148 Å². The normalized spacial score (nSPS) is 12.7. The van der Waals surface area contributed by atoms with E-state index in [4.69, 9.17) is 5.73 Å². The van der Waals surface area contributed by atoms with Crippen LogP contribution in [-0.2, 0) is 0 Å². The summed E-state index contributed by atoms with van der Waals surface area (Å²) < 4.78 is 0. The first-order valence-corrected chi connectivity index (χ1v) is 8.29. The summed E-state index contributed by atoms with van der Waals surface area (Å²) in [5, 5.41) is 0. The summed E-state index contributed by atoms with van der Waals surface area (Å²) in [5.41, 5.74) is 10.5. The van der Waals surface area contributed by atoms with Crippen molar-refractivity contribution in [2.45, 2.75) is 34.1 Å². The van der Waals surface area contributed by atoms with Gasteiger partial charge in [0.2, 0.25) is 0 Å². The lowest BCUT2D eigenvalue weighted by Gasteiger charge is -2.04. The van der Waals surface area contributed by atoms with Gasteiger partial charge in [-0.2, -0.15) is 0 Å². The topological polar surface area (TPSA) is 26.0 Å². The van der Waals surface area contributed by atoms with Gasteiger partial charge >= 0.3 is 0 Å². The highest BCUT2D eigenvalue weighted by molar-refractivity contribution is 5.74. The van der Waals surface area contributed by atoms with Crippen LogP contribution in [0.15, 0.2) is 91.2 Å². The van der Waals surface area contributed by atoms with E-state index < -0.39 is 0 Å². The predicted octanol–water partition coefficient (Wildman–Crippen LogP) is 6.51. The molecule has 1 rings (SSSR count). The Morgan fingerprint density at radius 3 is 2.04 bits per heavy atom. The third-order valence-electron chi connectivity index (χ3n) is 3.16. The van der Waals surface area contributed by atoms with Gasteiger partial charge in [-0.15, -0.1) is 0 Å². The minimum Gasteiger partial charge on any atom is -0.402 e. The molecule has 0 atom stereocenters. The Bertz CT molecular complexity index is 598. The van der Waals surface area contributed by atoms with Gasteiger partial charge in [0.25, 0.3) is 0 Å². The van der Waals surface area contributed by atoms with Crippen LogP contribution in [-0.4, -0.2) is 0 Å². The van der Waals surface area contributed by atoms with Crippen LogP contribution in [0.2, 0.25) is 0 Å². The number of rotatable bonds is 6. The van der Waals surface area contributed by atoms with E-state index >= 15 is 0 Å². The first kappa shape index (κ1) is 21.5. The van der Waals surface area contributed by atoms with E-state index in [-0.39, 0.29) is 0 Å². The van der Waals surface area contributed by atoms with Crippen LogP contribution in [0.4, 0.5) is 0 Å². The van der Waals surface area contributed by atoms with Gasteiger partial charge in [0.05, 0.1) is 0 Å². The summed E-state index contributed by atoms with van der Waals surface area (Å²) in [6.07, 6.45) is 18.5. The van der Waals surface area contributed by atoms with Crippen molar-refractivity contribution in [1.29, 1.82) is 0 Å². The van der Waals surface area contributed by atoms with Crippen molar-refractivity contribution in [2.75, 3.05) is 0 Å². The van der Waals surface area contributed by atoms with Gasteiger partial charge in [0.15, 0.2) is 0 Å². The van der Waals surface area contributed by atoms with E-state index in [1.807, 2.05) is 63.3 Å². The third-order valence-corrected chi connectivity index (χ3v) is 3.16. The molecule has 0 aliphatic carbocycles. The lowest BCUT2D eigenvalue weighted by molar-refractivity contribution is 1.17. The minimum absolute atomic E-state index is 0.745. The first-order chi connectivity index (χ1) is 11.6. The molecule has 0 aliphatic heterocycles. The second-order valence-electron chi connectivity index (χ2n) is 5.25. The van der Waals surface area contributed by atoms with Crippen molar-refractivity contribution in [2.24, 2.45) is 5.73 Å². The van der Waals surface area contributed by atoms with E-state index in [0.717, 1.165) is 17.7 Å². The molecule has 2 N–H and O–H groups in total. The van der Waals surface area contributed by atoms with Gasteiger partial charge < -0.3 is 5.73 Å². The lowest BCUT2D eigenvalue weighted by Crippen LogP contribution is -1.96. The zero-order chi connectivity index (χ0) is 18.2. The average Bonchev–Trinajstić information content (AvgIpc) is 2.59. The van der Waals surface area contributed by atoms with Gasteiger partial charge in [0, 0.05) is 12.1 Å². The van der Waals surface area contributed by atoms with Crippen molar-refractivity contribution < 1.29 is 0 Å². The Morgan fingerprint density at radius 2 is 1.58 bits per heavy atom. The van der Waals surface area contributed by atoms with Crippen LogP contribution in [0.1, 0.15) is 38.3 Å². The Kier molecular flexibility index (Phi) is 12.6. The summed E-state index contributed by atoms with van der Waals surface area (Å²) in [7, 11) is 0. The van der Waals surface area contributed by atoms with Gasteiger partial charge in [-0.25, -0.2) is 0 Å². The number of nitrogens with two attached hydrogens (primary N) is 1. The fourth-order valence-electron chi connectivity index (χ4n) is 1.86. The van der Waals surface area contributed by atoms with Gasteiger partial charge in [-0.3, -0.25) is 0 Å². The number of allylic oxidation sites excluding steroid dienone is 10. The highest BCUT2D eigenvalue weighted by Gasteiger charge is 1.98. The number of benzene rings is 1. The largest absolute Gasteiger partial charge is 0.402 e. The molecule has 0 saturated carbocycles. The Morgan fingerprint density at radius 1 is 1.00 bits per heavy atom. The molecule has 0 aliphatic rings. The molecule has 128 valence electrons. The molecular weight excluding hydrogens is 290 g/mol. The van der Waals surface area contributed by atoms with Crippen molar-refractivity contribution in [1.82, 2.24) is 0 Å². The van der Waals surface area contributed by atoms with E-state index in [1.165, 1.54) is 11.1 Å². The molecule has 24 heavy (non-hydrogen) atoms. The lowest BCUT2D eigenvalue weighted by atomic mass is 10.0. The molecule has 0 spiro atoms. The molecule has 0 aromatic heterocycles. The zero-order valence-corrected chi connectivity index (χ0v) is 15.5. The molecule has 1 aromatic carbocycles. The molecular formula is C23H31N. The summed E-state index contributed by atoms with van der Waals surface area (Å²) in [5.74, 6) is 0. The fraction of sp³-hybridized carbons (Fsp3) is 0.217. The van der Waals surface area contributed by atoms with E-state index in [0.29, 0.717) is 0 Å². The molecule has 0 saturated heterocycles. The van der Waals surface area contributed by atoms with Crippen molar-refractivity contribution in [3.05, 3.63) is 102 Å². The Hall–Kier alpha value is -2.54. The maximum Gasteiger partial charge on any atom is 0.0125 e. The summed E-state index contributed by atoms with van der Waals surface area (Å²) >= 11 is 0. The monoisotopic (exact) mass is 321 g/mol. The van der Waals surface area contributed by atoms with Crippen LogP contribution < -0.4 is 5.73 Å². The maximum atomic E-state index is 5.99.